The Bertz CT molecular complexity index is 640. The molecule has 0 amide bonds. The van der Waals surface area contributed by atoms with Crippen LogP contribution in [0.2, 0.25) is 0 Å². The van der Waals surface area contributed by atoms with Gasteiger partial charge < -0.3 is 4.74 Å². The molecule has 0 radical (unpaired) electrons. The summed E-state index contributed by atoms with van der Waals surface area (Å²) in [5, 5.41) is 0. The van der Waals surface area contributed by atoms with Crippen LogP contribution in [0.1, 0.15) is 68.2 Å². The lowest BCUT2D eigenvalue weighted by Crippen LogP contribution is -1.99. The van der Waals surface area contributed by atoms with Gasteiger partial charge in [0.2, 0.25) is 0 Å². The van der Waals surface area contributed by atoms with Crippen LogP contribution in [0.25, 0.3) is 0 Å². The Kier molecular flexibility index (Phi) is 17.1. The fourth-order valence-corrected chi connectivity index (χ4v) is 2.31. The van der Waals surface area contributed by atoms with Gasteiger partial charge in [0.05, 0.1) is 7.11 Å². The summed E-state index contributed by atoms with van der Waals surface area (Å²) in [4.78, 5) is 11.1. The van der Waals surface area contributed by atoms with Crippen LogP contribution in [-0.2, 0) is 9.53 Å². The molecular formula is C25H38O2. The molecule has 0 bridgehead atoms. The summed E-state index contributed by atoms with van der Waals surface area (Å²) in [7, 11) is 1.38. The predicted octanol–water partition coefficient (Wildman–Crippen LogP) is 6.97. The van der Waals surface area contributed by atoms with Crippen molar-refractivity contribution in [2.45, 2.75) is 68.2 Å². The normalized spacial score (nSPS) is 12.8. The van der Waals surface area contributed by atoms with Gasteiger partial charge in [-0.15, -0.1) is 11.8 Å². The van der Waals surface area contributed by atoms with Gasteiger partial charge in [-0.25, -0.2) is 4.79 Å². The Morgan fingerprint density at radius 1 is 1.04 bits per heavy atom. The van der Waals surface area contributed by atoms with Crippen molar-refractivity contribution in [3.05, 3.63) is 58.7 Å². The highest BCUT2D eigenvalue weighted by molar-refractivity contribution is 5.83. The van der Waals surface area contributed by atoms with E-state index >= 15 is 0 Å². The molecule has 0 rings (SSSR count). The molecule has 0 spiro atoms. The van der Waals surface area contributed by atoms with E-state index in [9.17, 15) is 4.79 Å². The number of ether oxygens (including phenoxy) is 1. The summed E-state index contributed by atoms with van der Waals surface area (Å²) in [6, 6.07) is 0. The third kappa shape index (κ3) is 14.6. The van der Waals surface area contributed by atoms with Crippen LogP contribution in [-0.4, -0.2) is 13.1 Å². The molecule has 27 heavy (non-hydrogen) atoms. The zero-order chi connectivity index (χ0) is 21.2. The summed E-state index contributed by atoms with van der Waals surface area (Å²) in [6.07, 6.45) is 13.7. The van der Waals surface area contributed by atoms with E-state index < -0.39 is 0 Å². The van der Waals surface area contributed by atoms with E-state index in [1.807, 2.05) is 45.9 Å². The second-order valence-corrected chi connectivity index (χ2v) is 6.34. The quantitative estimate of drug-likeness (QED) is 0.200. The van der Waals surface area contributed by atoms with Crippen LogP contribution in [0, 0.1) is 17.8 Å². The van der Waals surface area contributed by atoms with Gasteiger partial charge in [0.15, 0.2) is 0 Å². The van der Waals surface area contributed by atoms with Crippen LogP contribution in [0.4, 0.5) is 0 Å². The average Bonchev–Trinajstić information content (AvgIpc) is 2.63. The summed E-state index contributed by atoms with van der Waals surface area (Å²) in [5.74, 6) is 6.25. The zero-order valence-electron chi connectivity index (χ0n) is 18.8. The van der Waals surface area contributed by atoms with Crippen molar-refractivity contribution in [1.82, 2.24) is 0 Å². The number of hydrogen-bond donors (Lipinski definition) is 0. The highest BCUT2D eigenvalue weighted by Crippen LogP contribution is 2.22. The number of methoxy groups -OCH3 is 1. The molecule has 150 valence electrons. The Morgan fingerprint density at radius 3 is 2.19 bits per heavy atom. The van der Waals surface area contributed by atoms with E-state index in [1.54, 1.807) is 0 Å². The number of allylic oxidation sites excluding steroid dienone is 9. The first-order chi connectivity index (χ1) is 12.8. The number of carbonyl (C=O) groups is 1. The van der Waals surface area contributed by atoms with Gasteiger partial charge in [-0.3, -0.25) is 0 Å². The maximum atomic E-state index is 11.1. The number of hydrogen-bond acceptors (Lipinski definition) is 2. The third-order valence-corrected chi connectivity index (χ3v) is 3.78. The van der Waals surface area contributed by atoms with Gasteiger partial charge in [0.1, 0.15) is 0 Å². The molecule has 0 aliphatic rings. The van der Waals surface area contributed by atoms with Gasteiger partial charge in [0, 0.05) is 12.5 Å². The lowest BCUT2D eigenvalue weighted by Gasteiger charge is -2.13. The van der Waals surface area contributed by atoms with E-state index in [-0.39, 0.29) is 5.97 Å². The SMILES string of the molecule is CC.CC#CCCC(C)C(/C=C/C(C)=C/C=C/C(C)=C\C(=O)OC)=C(C)C. The molecule has 0 fully saturated rings. The monoisotopic (exact) mass is 370 g/mol. The molecule has 0 aliphatic heterocycles. The first kappa shape index (κ1) is 27.0. The summed E-state index contributed by atoms with van der Waals surface area (Å²) < 4.78 is 4.60. The topological polar surface area (TPSA) is 26.3 Å². The van der Waals surface area contributed by atoms with Crippen molar-refractivity contribution in [1.29, 1.82) is 0 Å². The first-order valence-electron chi connectivity index (χ1n) is 9.68. The lowest BCUT2D eigenvalue weighted by atomic mass is 9.92. The third-order valence-electron chi connectivity index (χ3n) is 3.78. The summed E-state index contributed by atoms with van der Waals surface area (Å²) in [6.45, 7) is 16.4. The maximum Gasteiger partial charge on any atom is 0.330 e. The molecule has 2 nitrogen and oxygen atoms in total. The zero-order valence-corrected chi connectivity index (χ0v) is 18.8. The highest BCUT2D eigenvalue weighted by Gasteiger charge is 2.06. The Morgan fingerprint density at radius 2 is 1.67 bits per heavy atom. The fraction of sp³-hybridized carbons (Fsp3) is 0.480. The van der Waals surface area contributed by atoms with Gasteiger partial charge in [-0.2, -0.15) is 0 Å². The maximum absolute atomic E-state index is 11.1. The van der Waals surface area contributed by atoms with Crippen molar-refractivity contribution >= 4 is 5.97 Å². The number of esters is 1. The molecule has 0 saturated heterocycles. The molecule has 0 aliphatic carbocycles. The predicted molar refractivity (Wildman–Crippen MR) is 119 cm³/mol. The molecule has 0 saturated carbocycles. The van der Waals surface area contributed by atoms with Crippen molar-refractivity contribution in [2.75, 3.05) is 7.11 Å². The molecule has 0 aromatic heterocycles. The molecule has 2 heteroatoms. The minimum atomic E-state index is -0.335. The lowest BCUT2D eigenvalue weighted by molar-refractivity contribution is -0.134. The molecule has 1 atom stereocenters. The molecule has 1 unspecified atom stereocenters. The van der Waals surface area contributed by atoms with E-state index in [0.717, 1.165) is 24.0 Å². The van der Waals surface area contributed by atoms with Crippen molar-refractivity contribution in [3.63, 3.8) is 0 Å². The van der Waals surface area contributed by atoms with Gasteiger partial charge in [0.25, 0.3) is 0 Å². The van der Waals surface area contributed by atoms with E-state index in [1.165, 1.54) is 24.3 Å². The van der Waals surface area contributed by atoms with Crippen LogP contribution < -0.4 is 0 Å². The Hall–Kier alpha value is -2.27. The standard InChI is InChI=1S/C23H32O2.C2H6/c1-8-9-10-14-21(6)22(18(2)3)16-15-19(4)12-11-13-20(5)17-23(24)25-7;1-2/h11-13,15-17,21H,10,14H2,1-7H3;1-2H3/b13-11+,16-15+,19-12+,20-17-;. The minimum Gasteiger partial charge on any atom is -0.466 e. The first-order valence-corrected chi connectivity index (χ1v) is 9.68. The van der Waals surface area contributed by atoms with Crippen molar-refractivity contribution in [2.24, 2.45) is 5.92 Å². The van der Waals surface area contributed by atoms with E-state index in [2.05, 4.69) is 56.4 Å². The van der Waals surface area contributed by atoms with Crippen LogP contribution >= 0.6 is 0 Å². The van der Waals surface area contributed by atoms with Crippen LogP contribution in [0.15, 0.2) is 58.7 Å². The van der Waals surface area contributed by atoms with Crippen molar-refractivity contribution < 1.29 is 9.53 Å². The highest BCUT2D eigenvalue weighted by atomic mass is 16.5. The Balaban J connectivity index is 0. The molecule has 0 heterocycles. The van der Waals surface area contributed by atoms with E-state index in [0.29, 0.717) is 5.92 Å². The smallest absolute Gasteiger partial charge is 0.330 e. The molecular weight excluding hydrogens is 332 g/mol. The number of rotatable bonds is 8. The minimum absolute atomic E-state index is 0.335. The van der Waals surface area contributed by atoms with Gasteiger partial charge in [-0.1, -0.05) is 62.3 Å². The number of carbonyl (C=O) groups excluding carboxylic acids is 1. The van der Waals surface area contributed by atoms with Gasteiger partial charge in [-0.05, 0) is 58.1 Å². The van der Waals surface area contributed by atoms with Crippen LogP contribution in [0.5, 0.6) is 0 Å². The second-order valence-electron chi connectivity index (χ2n) is 6.34. The molecule has 0 aromatic rings. The fourth-order valence-electron chi connectivity index (χ4n) is 2.31. The van der Waals surface area contributed by atoms with E-state index in [4.69, 9.17) is 0 Å². The largest absolute Gasteiger partial charge is 0.466 e. The average molecular weight is 371 g/mol. The second kappa shape index (κ2) is 17.2. The summed E-state index contributed by atoms with van der Waals surface area (Å²) in [5.41, 5.74) is 4.72. The van der Waals surface area contributed by atoms with Crippen molar-refractivity contribution in [3.8, 4) is 11.8 Å². The molecule has 0 N–H and O–H groups in total. The van der Waals surface area contributed by atoms with Crippen LogP contribution in [0.3, 0.4) is 0 Å². The summed E-state index contributed by atoms with van der Waals surface area (Å²) >= 11 is 0. The Labute approximate surface area is 167 Å². The van der Waals surface area contributed by atoms with Gasteiger partial charge >= 0.3 is 5.97 Å². The molecule has 0 aromatic carbocycles.